The molecule has 5 heteroatoms. The number of nitrogens with zero attached hydrogens (tertiary/aromatic N) is 3. The van der Waals surface area contributed by atoms with Gasteiger partial charge in [0.1, 0.15) is 0 Å². The average molecular weight is 268 g/mol. The zero-order valence-electron chi connectivity index (χ0n) is 11.8. The van der Waals surface area contributed by atoms with Crippen LogP contribution in [0, 0.1) is 25.2 Å². The van der Waals surface area contributed by atoms with Gasteiger partial charge in [-0.3, -0.25) is 9.48 Å². The van der Waals surface area contributed by atoms with Crippen LogP contribution in [-0.2, 0) is 13.6 Å². The van der Waals surface area contributed by atoms with E-state index in [-0.39, 0.29) is 5.91 Å². The number of hydrogen-bond acceptors (Lipinski definition) is 3. The van der Waals surface area contributed by atoms with Gasteiger partial charge in [-0.25, -0.2) is 0 Å². The van der Waals surface area contributed by atoms with Crippen LogP contribution in [0.1, 0.15) is 32.9 Å². The predicted octanol–water partition coefficient (Wildman–Crippen LogP) is 1.84. The Hall–Kier alpha value is -2.61. The second-order valence-electron chi connectivity index (χ2n) is 4.64. The largest absolute Gasteiger partial charge is 0.348 e. The summed E-state index contributed by atoms with van der Waals surface area (Å²) in [5, 5.41) is 15.9. The number of carbonyl (C=O) groups is 1. The van der Waals surface area contributed by atoms with Crippen LogP contribution in [0.25, 0.3) is 0 Å². The van der Waals surface area contributed by atoms with Crippen LogP contribution < -0.4 is 5.32 Å². The fourth-order valence-corrected chi connectivity index (χ4v) is 2.04. The summed E-state index contributed by atoms with van der Waals surface area (Å²) in [5.74, 6) is -0.155. The van der Waals surface area contributed by atoms with Crippen LogP contribution in [0.3, 0.4) is 0 Å². The van der Waals surface area contributed by atoms with Crippen molar-refractivity contribution in [1.82, 2.24) is 15.1 Å². The van der Waals surface area contributed by atoms with Gasteiger partial charge in [0, 0.05) is 30.4 Å². The van der Waals surface area contributed by atoms with Crippen LogP contribution in [0.4, 0.5) is 0 Å². The fourth-order valence-electron chi connectivity index (χ4n) is 2.04. The van der Waals surface area contributed by atoms with Crippen molar-refractivity contribution in [2.45, 2.75) is 20.4 Å². The lowest BCUT2D eigenvalue weighted by molar-refractivity contribution is 0.0951. The summed E-state index contributed by atoms with van der Waals surface area (Å²) >= 11 is 0. The highest BCUT2D eigenvalue weighted by molar-refractivity contribution is 5.94. The number of hydrogen-bond donors (Lipinski definition) is 1. The van der Waals surface area contributed by atoms with E-state index in [9.17, 15) is 4.79 Å². The number of carbonyl (C=O) groups excluding carboxylic acids is 1. The number of benzene rings is 1. The maximum Gasteiger partial charge on any atom is 0.251 e. The average Bonchev–Trinajstić information content (AvgIpc) is 2.70. The van der Waals surface area contributed by atoms with E-state index in [1.165, 1.54) is 0 Å². The van der Waals surface area contributed by atoms with Gasteiger partial charge in [-0.2, -0.15) is 10.4 Å². The van der Waals surface area contributed by atoms with E-state index in [0.29, 0.717) is 17.7 Å². The monoisotopic (exact) mass is 268 g/mol. The first kappa shape index (κ1) is 13.8. The number of rotatable bonds is 3. The molecule has 20 heavy (non-hydrogen) atoms. The number of nitriles is 1. The van der Waals surface area contributed by atoms with Gasteiger partial charge >= 0.3 is 0 Å². The van der Waals surface area contributed by atoms with Gasteiger partial charge in [0.05, 0.1) is 17.3 Å². The summed E-state index contributed by atoms with van der Waals surface area (Å²) in [4.78, 5) is 12.0. The molecule has 2 aromatic rings. The Morgan fingerprint density at radius 2 is 2.00 bits per heavy atom. The van der Waals surface area contributed by atoms with Crippen LogP contribution >= 0.6 is 0 Å². The summed E-state index contributed by atoms with van der Waals surface area (Å²) in [6.07, 6.45) is 0. The maximum absolute atomic E-state index is 12.0. The minimum Gasteiger partial charge on any atom is -0.348 e. The molecule has 0 spiro atoms. The Labute approximate surface area is 117 Å². The van der Waals surface area contributed by atoms with Crippen molar-refractivity contribution >= 4 is 5.91 Å². The number of aryl methyl sites for hydroxylation is 2. The third kappa shape index (κ3) is 2.69. The predicted molar refractivity (Wildman–Crippen MR) is 75.0 cm³/mol. The lowest BCUT2D eigenvalue weighted by atomic mass is 10.1. The summed E-state index contributed by atoms with van der Waals surface area (Å²) in [6.45, 7) is 4.35. The number of amides is 1. The molecule has 1 heterocycles. The molecule has 0 saturated carbocycles. The van der Waals surface area contributed by atoms with E-state index in [0.717, 1.165) is 17.0 Å². The van der Waals surface area contributed by atoms with E-state index in [1.807, 2.05) is 27.0 Å². The van der Waals surface area contributed by atoms with Crippen molar-refractivity contribution in [3.8, 4) is 6.07 Å². The molecule has 1 amide bonds. The Morgan fingerprint density at radius 1 is 1.35 bits per heavy atom. The molecule has 0 aliphatic rings. The fraction of sp³-hybridized carbons (Fsp3) is 0.267. The molecule has 0 aliphatic carbocycles. The molecule has 1 aromatic heterocycles. The summed E-state index contributed by atoms with van der Waals surface area (Å²) in [5.41, 5.74) is 4.09. The molecule has 5 nitrogen and oxygen atoms in total. The van der Waals surface area contributed by atoms with Gasteiger partial charge < -0.3 is 5.32 Å². The Balaban J connectivity index is 2.07. The van der Waals surface area contributed by atoms with Crippen molar-refractivity contribution in [2.75, 3.05) is 0 Å². The van der Waals surface area contributed by atoms with E-state index in [2.05, 4.69) is 10.4 Å². The molecule has 0 aliphatic heterocycles. The molecule has 102 valence electrons. The molecular weight excluding hydrogens is 252 g/mol. The molecule has 0 saturated heterocycles. The third-order valence-corrected chi connectivity index (χ3v) is 3.36. The van der Waals surface area contributed by atoms with E-state index < -0.39 is 0 Å². The van der Waals surface area contributed by atoms with Crippen molar-refractivity contribution in [3.63, 3.8) is 0 Å². The van der Waals surface area contributed by atoms with Crippen LogP contribution in [-0.4, -0.2) is 15.7 Å². The molecule has 2 rings (SSSR count). The molecule has 0 unspecified atom stereocenters. The van der Waals surface area contributed by atoms with E-state index in [1.54, 1.807) is 28.9 Å². The number of aromatic nitrogens is 2. The molecular formula is C15H16N4O. The minimum absolute atomic E-state index is 0.155. The van der Waals surface area contributed by atoms with Crippen LogP contribution in [0.15, 0.2) is 24.3 Å². The van der Waals surface area contributed by atoms with Gasteiger partial charge in [-0.15, -0.1) is 0 Å². The zero-order chi connectivity index (χ0) is 14.7. The zero-order valence-corrected chi connectivity index (χ0v) is 11.8. The minimum atomic E-state index is -0.155. The SMILES string of the molecule is Cc1nn(C)c(C)c1CNC(=O)c1ccc(C#N)cc1. The van der Waals surface area contributed by atoms with Gasteiger partial charge in [-0.05, 0) is 38.1 Å². The molecule has 0 radical (unpaired) electrons. The van der Waals surface area contributed by atoms with Crippen LogP contribution in [0.2, 0.25) is 0 Å². The Kier molecular flexibility index (Phi) is 3.85. The van der Waals surface area contributed by atoms with Gasteiger partial charge in [0.15, 0.2) is 0 Å². The Morgan fingerprint density at radius 3 is 2.50 bits per heavy atom. The second-order valence-corrected chi connectivity index (χ2v) is 4.64. The van der Waals surface area contributed by atoms with Crippen molar-refractivity contribution in [1.29, 1.82) is 5.26 Å². The molecule has 1 N–H and O–H groups in total. The lowest BCUT2D eigenvalue weighted by Crippen LogP contribution is -2.23. The van der Waals surface area contributed by atoms with Crippen molar-refractivity contribution in [3.05, 3.63) is 52.3 Å². The third-order valence-electron chi connectivity index (χ3n) is 3.36. The van der Waals surface area contributed by atoms with Gasteiger partial charge in [0.2, 0.25) is 0 Å². The van der Waals surface area contributed by atoms with Gasteiger partial charge in [-0.1, -0.05) is 0 Å². The second kappa shape index (κ2) is 5.57. The number of nitrogens with one attached hydrogen (secondary N) is 1. The smallest absolute Gasteiger partial charge is 0.251 e. The maximum atomic E-state index is 12.0. The normalized spacial score (nSPS) is 10.1. The standard InChI is InChI=1S/C15H16N4O/c1-10-14(11(2)19(3)18-10)9-17-15(20)13-6-4-12(8-16)5-7-13/h4-7H,9H2,1-3H3,(H,17,20). The highest BCUT2D eigenvalue weighted by atomic mass is 16.1. The Bertz CT molecular complexity index is 677. The van der Waals surface area contributed by atoms with E-state index in [4.69, 9.17) is 5.26 Å². The topological polar surface area (TPSA) is 70.7 Å². The van der Waals surface area contributed by atoms with E-state index >= 15 is 0 Å². The highest BCUT2D eigenvalue weighted by Gasteiger charge is 2.11. The van der Waals surface area contributed by atoms with Gasteiger partial charge in [0.25, 0.3) is 5.91 Å². The highest BCUT2D eigenvalue weighted by Crippen LogP contribution is 2.11. The first-order valence-electron chi connectivity index (χ1n) is 6.30. The quantitative estimate of drug-likeness (QED) is 0.923. The lowest BCUT2D eigenvalue weighted by Gasteiger charge is -2.06. The van der Waals surface area contributed by atoms with Crippen LogP contribution in [0.5, 0.6) is 0 Å². The first-order chi connectivity index (χ1) is 9.52. The molecule has 1 aromatic carbocycles. The summed E-state index contributed by atoms with van der Waals surface area (Å²) in [6, 6.07) is 8.59. The van der Waals surface area contributed by atoms with Crippen molar-refractivity contribution < 1.29 is 4.79 Å². The van der Waals surface area contributed by atoms with Crippen molar-refractivity contribution in [2.24, 2.45) is 7.05 Å². The summed E-state index contributed by atoms with van der Waals surface area (Å²) < 4.78 is 1.80. The molecule has 0 fully saturated rings. The molecule has 0 atom stereocenters. The first-order valence-corrected chi connectivity index (χ1v) is 6.30. The molecule has 0 bridgehead atoms. The summed E-state index contributed by atoms with van der Waals surface area (Å²) in [7, 11) is 1.88.